The number of nitrogens with one attached hydrogen (secondary N) is 17. The van der Waals surface area contributed by atoms with Crippen LogP contribution in [0.15, 0.2) is 54.6 Å². The number of ether oxygens (including phenoxy) is 6. The standard InChI is InChI=1S/C85H139N17O24/c1-22-26-49(4)75(115)121-55-31-29-53(30-32-55)65(105)94-60(38-44-92-102-80(120)126-85(19,20)21)70(110)101-64(51(6)104)74(114)97-57(35-41-88-77(117)123-82(10,11)12)67(107)93-54-33-39-86-73(113)63(50(5)103)100-69(109)59(37-43-90-79(119)125-84(16,17)18)95-68(108)58(36-42-89-78(118)124-83(13,14)15)96-71(111)61(45-48(2)3)98-72(112)62(46-52-27-24-23-25-28-52)99-66(106)56(91-47-54)34-40-87-76(116)122-81(7,8)9/h23-25,27-32,48-51,54,56-64,91-92,103-104H,22,26,33-47H2,1-21H3,(H,86,113)(H,87,116)(H,88,117)(H,89,118)(H,90,119)(H,93,107)(H,94,105)(H,95,108)(H,96,111)(H,97,114)(H,98,112)(H,99,106)(H,100,109)(H,101,110)(H,102,120)/t49?,50?,51?,54-,56-,57-,58-,59-,60-,61-,62+,63-,64-/m0/s1. The molecule has 13 atom stereocenters. The van der Waals surface area contributed by atoms with Crippen LogP contribution in [0.5, 0.6) is 5.75 Å². The van der Waals surface area contributed by atoms with Crippen molar-refractivity contribution >= 4 is 95.5 Å². The summed E-state index contributed by atoms with van der Waals surface area (Å²) in [5.74, 6) is -11.3. The molecule has 126 heavy (non-hydrogen) atoms. The molecule has 0 bridgehead atoms. The zero-order chi connectivity index (χ0) is 95.2. The third kappa shape index (κ3) is 45.1. The van der Waals surface area contributed by atoms with Gasteiger partial charge in [0.1, 0.15) is 82.1 Å². The van der Waals surface area contributed by atoms with Gasteiger partial charge in [-0.15, -0.1) is 0 Å². The van der Waals surface area contributed by atoms with E-state index in [2.05, 4.69) is 90.6 Å². The summed E-state index contributed by atoms with van der Waals surface area (Å²) in [5, 5.41) is 62.3. The zero-order valence-corrected chi connectivity index (χ0v) is 76.7. The van der Waals surface area contributed by atoms with Gasteiger partial charge in [0.15, 0.2) is 0 Å². The van der Waals surface area contributed by atoms with Crippen molar-refractivity contribution in [1.82, 2.24) is 90.6 Å². The largest absolute Gasteiger partial charge is 0.444 e. The van der Waals surface area contributed by atoms with Gasteiger partial charge in [-0.3, -0.25) is 58.2 Å². The Balaban J connectivity index is 2.36. The molecule has 0 saturated carbocycles. The first kappa shape index (κ1) is 109. The number of hydrogen-bond donors (Lipinski definition) is 19. The van der Waals surface area contributed by atoms with Crippen LogP contribution in [0.2, 0.25) is 0 Å². The lowest BCUT2D eigenvalue weighted by Crippen LogP contribution is -2.61. The van der Waals surface area contributed by atoms with Crippen molar-refractivity contribution in [3.05, 3.63) is 65.7 Å². The molecule has 2 aromatic carbocycles. The van der Waals surface area contributed by atoms with Crippen molar-refractivity contribution in [3.8, 4) is 5.75 Å². The molecule has 1 aliphatic rings. The number of benzene rings is 2. The minimum atomic E-state index is -1.96. The molecular weight excluding hydrogens is 1640 g/mol. The monoisotopic (exact) mass is 1780 g/mol. The molecule has 0 spiro atoms. The van der Waals surface area contributed by atoms with Crippen LogP contribution in [0.4, 0.5) is 24.0 Å². The predicted octanol–water partition coefficient (Wildman–Crippen LogP) is 2.61. The van der Waals surface area contributed by atoms with E-state index in [9.17, 15) is 72.5 Å². The molecule has 708 valence electrons. The zero-order valence-electron chi connectivity index (χ0n) is 76.7. The summed E-state index contributed by atoms with van der Waals surface area (Å²) in [6.07, 6.45) is -9.34. The van der Waals surface area contributed by atoms with Gasteiger partial charge in [-0.25, -0.2) is 29.4 Å². The molecule has 19 N–H and O–H groups in total. The van der Waals surface area contributed by atoms with Crippen molar-refractivity contribution in [1.29, 1.82) is 0 Å². The Morgan fingerprint density at radius 2 is 0.905 bits per heavy atom. The first-order chi connectivity index (χ1) is 58.5. The highest BCUT2D eigenvalue weighted by Gasteiger charge is 2.39. The van der Waals surface area contributed by atoms with Gasteiger partial charge in [-0.2, -0.15) is 0 Å². The van der Waals surface area contributed by atoms with Crippen molar-refractivity contribution in [2.24, 2.45) is 11.8 Å². The Kier molecular flexibility index (Phi) is 45.0. The summed E-state index contributed by atoms with van der Waals surface area (Å²) >= 11 is 0. The minimum absolute atomic E-state index is 0.0170. The SMILES string of the molecule is CCCC(C)C(=O)Oc1ccc(C(=O)N[C@@H](CCNNC(=O)OC(C)(C)C)C(=O)N[C@H](C(=O)N[C@@H](CCNC(=O)OC(C)(C)C)C(=O)N[C@H]2CCNC(=O)[C@H](C(C)O)NC(=O)[C@H](CCNC(=O)OC(C)(C)C)NC(=O)[C@H](CCNC(=O)OC(C)(C)C)NC(=O)[C@H](CC(C)C)NC(=O)[C@@H](Cc3ccccc3)NC(=O)[C@H](CCNC(=O)OC(C)(C)C)NC2)C(C)O)cc1. The maximum Gasteiger partial charge on any atom is 0.422 e. The number of rotatable bonds is 34. The van der Waals surface area contributed by atoms with Crippen LogP contribution in [-0.4, -0.2) is 252 Å². The van der Waals surface area contributed by atoms with Crippen molar-refractivity contribution in [2.45, 2.75) is 310 Å². The molecule has 41 heteroatoms. The lowest BCUT2D eigenvalue weighted by atomic mass is 10.00. The van der Waals surface area contributed by atoms with E-state index in [1.54, 1.807) is 155 Å². The second-order valence-electron chi connectivity index (χ2n) is 36.2. The molecule has 1 fully saturated rings. The Hall–Kier alpha value is -11.2. The molecule has 1 saturated heterocycles. The van der Waals surface area contributed by atoms with E-state index >= 15 is 14.4 Å². The van der Waals surface area contributed by atoms with E-state index in [1.807, 2.05) is 6.92 Å². The second kappa shape index (κ2) is 52.0. The maximum atomic E-state index is 15.4. The van der Waals surface area contributed by atoms with Crippen LogP contribution in [-0.2, 0) is 78.1 Å². The van der Waals surface area contributed by atoms with E-state index in [1.165, 1.54) is 24.3 Å². The average Bonchev–Trinajstić information content (AvgIpc) is 0.995. The third-order valence-corrected chi connectivity index (χ3v) is 18.0. The molecule has 3 unspecified atom stereocenters. The first-order valence-electron chi connectivity index (χ1n) is 42.6. The Bertz CT molecular complexity index is 3930. The summed E-state index contributed by atoms with van der Waals surface area (Å²) in [4.78, 5) is 226. The smallest absolute Gasteiger partial charge is 0.422 e. The van der Waals surface area contributed by atoms with Gasteiger partial charge >= 0.3 is 36.4 Å². The molecule has 2 aromatic rings. The normalized spacial score (nSPS) is 19.5. The third-order valence-electron chi connectivity index (χ3n) is 18.0. The summed E-state index contributed by atoms with van der Waals surface area (Å²) in [6.45, 7) is 31.0. The summed E-state index contributed by atoms with van der Waals surface area (Å²) in [5.41, 5.74) is 0.567. The summed E-state index contributed by atoms with van der Waals surface area (Å²) < 4.78 is 32.5. The number of hydrazine groups is 1. The van der Waals surface area contributed by atoms with Gasteiger partial charge < -0.3 is 118 Å². The van der Waals surface area contributed by atoms with E-state index in [4.69, 9.17) is 28.4 Å². The molecule has 0 aromatic heterocycles. The van der Waals surface area contributed by atoms with Gasteiger partial charge in [0, 0.05) is 63.8 Å². The lowest BCUT2D eigenvalue weighted by molar-refractivity contribution is -0.138. The Morgan fingerprint density at radius 3 is 1.39 bits per heavy atom. The quantitative estimate of drug-likeness (QED) is 0.0157. The molecule has 0 aliphatic carbocycles. The summed E-state index contributed by atoms with van der Waals surface area (Å²) in [7, 11) is 0. The van der Waals surface area contributed by atoms with Crippen molar-refractivity contribution in [2.75, 3.05) is 45.8 Å². The van der Waals surface area contributed by atoms with Crippen LogP contribution < -0.4 is 95.3 Å². The topological polar surface area (TPSA) is 573 Å². The molecule has 15 amide bonds. The fraction of sp³-hybridized carbons (Fsp3) is 0.671. The number of aliphatic hydroxyl groups excluding tert-OH is 2. The Morgan fingerprint density at radius 1 is 0.468 bits per heavy atom. The highest BCUT2D eigenvalue weighted by Crippen LogP contribution is 2.19. The van der Waals surface area contributed by atoms with Crippen molar-refractivity contribution < 1.29 is 115 Å². The van der Waals surface area contributed by atoms with Gasteiger partial charge in [-0.05, 0) is 205 Å². The van der Waals surface area contributed by atoms with Gasteiger partial charge in [0.05, 0.1) is 24.2 Å². The second-order valence-corrected chi connectivity index (χ2v) is 36.2. The highest BCUT2D eigenvalue weighted by molar-refractivity contribution is 6.00. The van der Waals surface area contributed by atoms with Crippen LogP contribution in [0, 0.1) is 11.8 Å². The minimum Gasteiger partial charge on any atom is -0.444 e. The fourth-order valence-electron chi connectivity index (χ4n) is 12.0. The number of carbonyl (C=O) groups is 16. The van der Waals surface area contributed by atoms with Crippen LogP contribution >= 0.6 is 0 Å². The van der Waals surface area contributed by atoms with Crippen LogP contribution in [0.1, 0.15) is 219 Å². The van der Waals surface area contributed by atoms with E-state index in [-0.39, 0.29) is 81.9 Å². The summed E-state index contributed by atoms with van der Waals surface area (Å²) in [6, 6.07) is -2.49. The maximum absolute atomic E-state index is 15.4. The van der Waals surface area contributed by atoms with E-state index < -0.39 is 235 Å². The molecule has 3 rings (SSSR count). The molecule has 41 nitrogen and oxygen atoms in total. The highest BCUT2D eigenvalue weighted by atomic mass is 16.6. The number of esters is 1. The predicted molar refractivity (Wildman–Crippen MR) is 463 cm³/mol. The lowest BCUT2D eigenvalue weighted by Gasteiger charge is -2.29. The number of hydrogen-bond acceptors (Lipinski definition) is 26. The van der Waals surface area contributed by atoms with Crippen molar-refractivity contribution in [3.63, 3.8) is 0 Å². The number of alkyl carbamates (subject to hydrolysis) is 4. The molecular formula is C85H139N17O24. The molecule has 0 radical (unpaired) electrons. The van der Waals surface area contributed by atoms with Gasteiger partial charge in [0.25, 0.3) is 5.91 Å². The van der Waals surface area contributed by atoms with Gasteiger partial charge in [0.2, 0.25) is 53.2 Å². The average molecular weight is 1780 g/mol. The van der Waals surface area contributed by atoms with Crippen LogP contribution in [0.3, 0.4) is 0 Å². The number of carbonyl (C=O) groups excluding carboxylic acids is 16. The van der Waals surface area contributed by atoms with E-state index in [0.717, 1.165) is 20.3 Å². The van der Waals surface area contributed by atoms with Gasteiger partial charge in [-0.1, -0.05) is 64.4 Å². The number of amides is 15. The molecule has 1 aliphatic heterocycles. The Labute approximate surface area is 737 Å². The first-order valence-corrected chi connectivity index (χ1v) is 42.6. The molecule has 1 heterocycles. The fourth-order valence-corrected chi connectivity index (χ4v) is 12.0. The number of aliphatic hydroxyl groups is 2. The van der Waals surface area contributed by atoms with Crippen LogP contribution in [0.25, 0.3) is 0 Å². The van der Waals surface area contributed by atoms with E-state index in [0.29, 0.717) is 12.0 Å².